The third-order valence-electron chi connectivity index (χ3n) is 5.63. The topological polar surface area (TPSA) is 92.4 Å². The molecule has 1 aromatic rings. The molecule has 2 saturated heterocycles. The maximum Gasteiger partial charge on any atom is 0.240 e. The highest BCUT2D eigenvalue weighted by Crippen LogP contribution is 2.39. The average Bonchev–Trinajstić information content (AvgIpc) is 2.74. The lowest BCUT2D eigenvalue weighted by atomic mass is 9.99. The maximum atomic E-state index is 12.9. The van der Waals surface area contributed by atoms with Crippen molar-refractivity contribution in [2.75, 3.05) is 69.4 Å². The highest BCUT2D eigenvalue weighted by atomic mass is 16.5. The van der Waals surface area contributed by atoms with E-state index in [9.17, 15) is 9.59 Å². The number of nitrogens with zero attached hydrogens (tertiary/aromatic N) is 2. The molecule has 9 heteroatoms. The molecule has 0 radical (unpaired) electrons. The van der Waals surface area contributed by atoms with Gasteiger partial charge in [-0.15, -0.1) is 0 Å². The van der Waals surface area contributed by atoms with Crippen molar-refractivity contribution < 1.29 is 23.8 Å². The number of hydrogen-bond donors (Lipinski definition) is 2. The molecule has 172 valence electrons. The Morgan fingerprint density at radius 2 is 1.81 bits per heavy atom. The van der Waals surface area contributed by atoms with Gasteiger partial charge in [0.2, 0.25) is 11.8 Å². The summed E-state index contributed by atoms with van der Waals surface area (Å²) in [6.07, 6.45) is 0. The second-order valence-electron chi connectivity index (χ2n) is 8.07. The molecule has 9 nitrogen and oxygen atoms in total. The summed E-state index contributed by atoms with van der Waals surface area (Å²) in [7, 11) is 0. The predicted molar refractivity (Wildman–Crippen MR) is 119 cm³/mol. The molecule has 0 saturated carbocycles. The lowest BCUT2D eigenvalue weighted by Crippen LogP contribution is -2.62. The van der Waals surface area contributed by atoms with Crippen molar-refractivity contribution in [3.8, 4) is 11.5 Å². The first kappa shape index (κ1) is 23.1. The molecule has 1 aromatic carbocycles. The SMILES string of the molecule is CCOc1cc(N2CCOCC2)c(OCC)cc1NC(=O)CN1CCNC(=O)C1(C)C. The number of morpholine rings is 1. The van der Waals surface area contributed by atoms with Crippen molar-refractivity contribution in [3.05, 3.63) is 12.1 Å². The van der Waals surface area contributed by atoms with Gasteiger partial charge in [-0.3, -0.25) is 14.5 Å². The summed E-state index contributed by atoms with van der Waals surface area (Å²) in [5.41, 5.74) is 0.752. The maximum absolute atomic E-state index is 12.9. The normalized spacial score (nSPS) is 19.0. The fourth-order valence-electron chi connectivity index (χ4n) is 3.83. The summed E-state index contributed by atoms with van der Waals surface area (Å²) >= 11 is 0. The van der Waals surface area contributed by atoms with Crippen LogP contribution in [0.25, 0.3) is 0 Å². The molecule has 2 amide bonds. The molecule has 0 aliphatic carbocycles. The molecular formula is C22H34N4O5. The van der Waals surface area contributed by atoms with Gasteiger partial charge in [0, 0.05) is 38.3 Å². The lowest BCUT2D eigenvalue weighted by Gasteiger charge is -2.40. The summed E-state index contributed by atoms with van der Waals surface area (Å²) < 4.78 is 17.2. The molecule has 0 aromatic heterocycles. The van der Waals surface area contributed by atoms with Gasteiger partial charge in [0.15, 0.2) is 0 Å². The van der Waals surface area contributed by atoms with Crippen molar-refractivity contribution in [2.45, 2.75) is 33.2 Å². The number of carbonyl (C=O) groups excluding carboxylic acids is 2. The van der Waals surface area contributed by atoms with Gasteiger partial charge in [-0.1, -0.05) is 0 Å². The largest absolute Gasteiger partial charge is 0.492 e. The van der Waals surface area contributed by atoms with E-state index in [1.807, 2.05) is 44.7 Å². The predicted octanol–water partition coefficient (Wildman–Crippen LogP) is 1.47. The number of rotatable bonds is 8. The number of carbonyl (C=O) groups is 2. The van der Waals surface area contributed by atoms with Crippen LogP contribution >= 0.6 is 0 Å². The van der Waals surface area contributed by atoms with Crippen LogP contribution in [0.1, 0.15) is 27.7 Å². The zero-order valence-electron chi connectivity index (χ0n) is 19.0. The number of nitrogens with one attached hydrogen (secondary N) is 2. The summed E-state index contributed by atoms with van der Waals surface area (Å²) in [6, 6.07) is 3.75. The van der Waals surface area contributed by atoms with Gasteiger partial charge in [0.25, 0.3) is 0 Å². The first-order valence-electron chi connectivity index (χ1n) is 11.0. The molecule has 2 heterocycles. The quantitative estimate of drug-likeness (QED) is 0.640. The van der Waals surface area contributed by atoms with Crippen LogP contribution in [0.5, 0.6) is 11.5 Å². The fraction of sp³-hybridized carbons (Fsp3) is 0.636. The lowest BCUT2D eigenvalue weighted by molar-refractivity contribution is -0.136. The van der Waals surface area contributed by atoms with Crippen molar-refractivity contribution >= 4 is 23.2 Å². The van der Waals surface area contributed by atoms with Crippen LogP contribution in [-0.2, 0) is 14.3 Å². The Morgan fingerprint density at radius 3 is 2.48 bits per heavy atom. The van der Waals surface area contributed by atoms with E-state index in [0.717, 1.165) is 18.8 Å². The molecule has 2 aliphatic heterocycles. The highest BCUT2D eigenvalue weighted by Gasteiger charge is 2.38. The van der Waals surface area contributed by atoms with E-state index in [2.05, 4.69) is 15.5 Å². The van der Waals surface area contributed by atoms with E-state index >= 15 is 0 Å². The minimum Gasteiger partial charge on any atom is -0.492 e. The second kappa shape index (κ2) is 10.2. The molecule has 0 atom stereocenters. The Balaban J connectivity index is 1.82. The molecular weight excluding hydrogens is 400 g/mol. The molecule has 0 unspecified atom stereocenters. The van der Waals surface area contributed by atoms with Crippen LogP contribution in [0.2, 0.25) is 0 Å². The van der Waals surface area contributed by atoms with Crippen LogP contribution < -0.4 is 25.0 Å². The van der Waals surface area contributed by atoms with Gasteiger partial charge in [0.05, 0.1) is 49.9 Å². The van der Waals surface area contributed by atoms with Gasteiger partial charge in [-0.25, -0.2) is 0 Å². The van der Waals surface area contributed by atoms with Crippen molar-refractivity contribution in [3.63, 3.8) is 0 Å². The molecule has 2 fully saturated rings. The monoisotopic (exact) mass is 434 g/mol. The van der Waals surface area contributed by atoms with Gasteiger partial charge >= 0.3 is 0 Å². The Morgan fingerprint density at radius 1 is 1.13 bits per heavy atom. The molecule has 0 spiro atoms. The second-order valence-corrected chi connectivity index (χ2v) is 8.07. The van der Waals surface area contributed by atoms with Crippen LogP contribution in [0.15, 0.2) is 12.1 Å². The Hall–Kier alpha value is -2.52. The van der Waals surface area contributed by atoms with Gasteiger partial charge < -0.3 is 29.7 Å². The minimum absolute atomic E-state index is 0.0740. The zero-order valence-corrected chi connectivity index (χ0v) is 19.0. The summed E-state index contributed by atoms with van der Waals surface area (Å²) in [5.74, 6) is 1.01. The summed E-state index contributed by atoms with van der Waals surface area (Å²) in [5, 5.41) is 5.81. The smallest absolute Gasteiger partial charge is 0.240 e. The summed E-state index contributed by atoms with van der Waals surface area (Å²) in [4.78, 5) is 29.1. The van der Waals surface area contributed by atoms with Gasteiger partial charge in [-0.05, 0) is 27.7 Å². The first-order chi connectivity index (χ1) is 14.9. The Bertz CT molecular complexity index is 792. The van der Waals surface area contributed by atoms with Crippen molar-refractivity contribution in [2.24, 2.45) is 0 Å². The number of piperazine rings is 1. The Kier molecular flexibility index (Phi) is 7.61. The van der Waals surface area contributed by atoms with E-state index < -0.39 is 5.54 Å². The van der Waals surface area contributed by atoms with Gasteiger partial charge in [0.1, 0.15) is 11.5 Å². The fourth-order valence-corrected chi connectivity index (χ4v) is 3.83. The number of hydrogen-bond acceptors (Lipinski definition) is 7. The van der Waals surface area contributed by atoms with Crippen molar-refractivity contribution in [1.29, 1.82) is 0 Å². The van der Waals surface area contributed by atoms with Crippen molar-refractivity contribution in [1.82, 2.24) is 10.2 Å². The van der Waals surface area contributed by atoms with Crippen LogP contribution in [-0.4, -0.2) is 81.4 Å². The van der Waals surface area contributed by atoms with Crippen LogP contribution in [0, 0.1) is 0 Å². The first-order valence-corrected chi connectivity index (χ1v) is 11.0. The number of ether oxygens (including phenoxy) is 3. The Labute approximate surface area is 184 Å². The van der Waals surface area contributed by atoms with E-state index in [1.165, 1.54) is 0 Å². The third kappa shape index (κ3) is 5.40. The van der Waals surface area contributed by atoms with E-state index in [0.29, 0.717) is 56.7 Å². The number of amides is 2. The molecule has 3 rings (SSSR count). The van der Waals surface area contributed by atoms with Crippen LogP contribution in [0.3, 0.4) is 0 Å². The zero-order chi connectivity index (χ0) is 22.4. The molecule has 2 N–H and O–H groups in total. The molecule has 2 aliphatic rings. The summed E-state index contributed by atoms with van der Waals surface area (Å²) in [6.45, 7) is 12.6. The average molecular weight is 435 g/mol. The standard InChI is InChI=1S/C22H34N4O5/c1-5-30-18-14-17(25-9-11-29-12-10-25)19(31-6-2)13-16(18)24-20(27)15-26-8-7-23-21(28)22(26,3)4/h13-14H,5-12,15H2,1-4H3,(H,23,28)(H,24,27). The molecule has 31 heavy (non-hydrogen) atoms. The minimum atomic E-state index is -0.741. The van der Waals surface area contributed by atoms with Gasteiger partial charge in [-0.2, -0.15) is 0 Å². The number of benzene rings is 1. The van der Waals surface area contributed by atoms with Crippen LogP contribution in [0.4, 0.5) is 11.4 Å². The highest BCUT2D eigenvalue weighted by molar-refractivity contribution is 5.95. The van der Waals surface area contributed by atoms with E-state index in [1.54, 1.807) is 0 Å². The third-order valence-corrected chi connectivity index (χ3v) is 5.63. The molecule has 0 bridgehead atoms. The van der Waals surface area contributed by atoms with E-state index in [4.69, 9.17) is 14.2 Å². The van der Waals surface area contributed by atoms with E-state index in [-0.39, 0.29) is 18.4 Å². The number of anilines is 2.